The van der Waals surface area contributed by atoms with E-state index < -0.39 is 0 Å². The van der Waals surface area contributed by atoms with Crippen molar-refractivity contribution in [3.8, 4) is 0 Å². The van der Waals surface area contributed by atoms with Gasteiger partial charge in [-0.15, -0.1) is 0 Å². The molecule has 0 amide bonds. The fourth-order valence-corrected chi connectivity index (χ4v) is 2.88. The van der Waals surface area contributed by atoms with Crippen molar-refractivity contribution in [1.29, 1.82) is 0 Å². The summed E-state index contributed by atoms with van der Waals surface area (Å²) in [4.78, 5) is 2.52. The molecule has 18 heavy (non-hydrogen) atoms. The number of nitrogens with zero attached hydrogens (tertiary/aromatic N) is 1. The number of benzene rings is 1. The van der Waals surface area contributed by atoms with Gasteiger partial charge in [0.1, 0.15) is 0 Å². The van der Waals surface area contributed by atoms with Gasteiger partial charge >= 0.3 is 0 Å². The molecule has 2 aliphatic heterocycles. The van der Waals surface area contributed by atoms with Crippen LogP contribution < -0.4 is 10.2 Å². The van der Waals surface area contributed by atoms with Crippen LogP contribution in [0.4, 0.5) is 5.69 Å². The van der Waals surface area contributed by atoms with Crippen molar-refractivity contribution in [2.75, 3.05) is 31.2 Å². The lowest BCUT2D eigenvalue weighted by atomic mass is 10.1. The molecule has 1 N–H and O–H groups in total. The van der Waals surface area contributed by atoms with Crippen molar-refractivity contribution >= 4 is 5.69 Å². The molecule has 2 aliphatic rings. The number of ether oxygens (including phenoxy) is 1. The van der Waals surface area contributed by atoms with E-state index in [1.807, 2.05) is 0 Å². The van der Waals surface area contributed by atoms with Crippen molar-refractivity contribution in [2.45, 2.75) is 31.8 Å². The first-order chi connectivity index (χ1) is 8.93. The number of hydrogen-bond donors (Lipinski definition) is 1. The Hall–Kier alpha value is -1.06. The topological polar surface area (TPSA) is 24.5 Å². The zero-order chi connectivity index (χ0) is 12.2. The van der Waals surface area contributed by atoms with Crippen LogP contribution in [0.5, 0.6) is 0 Å². The monoisotopic (exact) mass is 246 g/mol. The molecule has 0 aromatic heterocycles. The average molecular weight is 246 g/mol. The van der Waals surface area contributed by atoms with Crippen LogP contribution in [0.15, 0.2) is 24.3 Å². The van der Waals surface area contributed by atoms with Crippen LogP contribution in [0.25, 0.3) is 0 Å². The van der Waals surface area contributed by atoms with Crippen LogP contribution in [0.2, 0.25) is 0 Å². The van der Waals surface area contributed by atoms with Crippen molar-refractivity contribution in [2.24, 2.45) is 0 Å². The fourth-order valence-electron chi connectivity index (χ4n) is 2.88. The summed E-state index contributed by atoms with van der Waals surface area (Å²) in [7, 11) is 0. The van der Waals surface area contributed by atoms with E-state index in [2.05, 4.69) is 34.5 Å². The summed E-state index contributed by atoms with van der Waals surface area (Å²) >= 11 is 0. The maximum atomic E-state index is 5.40. The molecule has 0 radical (unpaired) electrons. The summed E-state index contributed by atoms with van der Waals surface area (Å²) in [6.45, 7) is 5.16. The molecule has 2 fully saturated rings. The minimum atomic E-state index is 0.539. The molecule has 1 aromatic carbocycles. The molecule has 3 rings (SSSR count). The van der Waals surface area contributed by atoms with E-state index >= 15 is 0 Å². The summed E-state index contributed by atoms with van der Waals surface area (Å²) in [5, 5.41) is 3.61. The molecule has 2 saturated heterocycles. The number of para-hydroxylation sites is 1. The van der Waals surface area contributed by atoms with Gasteiger partial charge in [-0.2, -0.15) is 0 Å². The van der Waals surface area contributed by atoms with E-state index in [0.29, 0.717) is 6.04 Å². The highest BCUT2D eigenvalue weighted by atomic mass is 16.5. The molecular weight excluding hydrogens is 224 g/mol. The Labute approximate surface area is 109 Å². The van der Waals surface area contributed by atoms with Crippen molar-refractivity contribution in [1.82, 2.24) is 5.32 Å². The molecule has 0 aliphatic carbocycles. The number of hydrogen-bond acceptors (Lipinski definition) is 3. The largest absolute Gasteiger partial charge is 0.380 e. The molecule has 1 aromatic rings. The maximum Gasteiger partial charge on any atom is 0.0620 e. The van der Waals surface area contributed by atoms with Gasteiger partial charge in [-0.1, -0.05) is 18.2 Å². The highest BCUT2D eigenvalue weighted by molar-refractivity contribution is 5.54. The first kappa shape index (κ1) is 12.0. The molecule has 0 spiro atoms. The van der Waals surface area contributed by atoms with Crippen LogP contribution in [0, 0.1) is 0 Å². The molecule has 3 heteroatoms. The standard InChI is InChI=1S/C15H22N2O/c1-2-6-15(17-8-3-4-9-17)13(5-1)11-16-14-7-10-18-12-14/h1-2,5-6,14,16H,3-4,7-12H2. The Bertz CT molecular complexity index is 382. The quantitative estimate of drug-likeness (QED) is 0.881. The lowest BCUT2D eigenvalue weighted by Gasteiger charge is -2.22. The summed E-state index contributed by atoms with van der Waals surface area (Å²) in [5.41, 5.74) is 2.84. The molecular formula is C15H22N2O. The Morgan fingerprint density at radius 3 is 2.83 bits per heavy atom. The lowest BCUT2D eigenvalue weighted by Crippen LogP contribution is -2.29. The second-order valence-corrected chi connectivity index (χ2v) is 5.26. The molecule has 1 unspecified atom stereocenters. The van der Waals surface area contributed by atoms with Gasteiger partial charge in [-0.25, -0.2) is 0 Å². The van der Waals surface area contributed by atoms with Gasteiger partial charge < -0.3 is 15.0 Å². The predicted octanol–water partition coefficient (Wildman–Crippen LogP) is 2.17. The third-order valence-corrected chi connectivity index (χ3v) is 3.95. The second-order valence-electron chi connectivity index (χ2n) is 5.26. The van der Waals surface area contributed by atoms with Gasteiger partial charge in [0.05, 0.1) is 6.61 Å². The Kier molecular flexibility index (Phi) is 3.81. The van der Waals surface area contributed by atoms with Crippen LogP contribution in [0.3, 0.4) is 0 Å². The molecule has 2 heterocycles. The first-order valence-electron chi connectivity index (χ1n) is 7.07. The smallest absolute Gasteiger partial charge is 0.0620 e. The molecule has 1 atom stereocenters. The SMILES string of the molecule is c1ccc(N2CCCC2)c(CNC2CCOC2)c1. The van der Waals surface area contributed by atoms with Crippen molar-refractivity contribution in [3.05, 3.63) is 29.8 Å². The number of nitrogens with one attached hydrogen (secondary N) is 1. The Morgan fingerprint density at radius 1 is 1.22 bits per heavy atom. The van der Waals surface area contributed by atoms with E-state index in [1.165, 1.54) is 37.2 Å². The Balaban J connectivity index is 1.66. The van der Waals surface area contributed by atoms with Crippen LogP contribution in [-0.2, 0) is 11.3 Å². The fraction of sp³-hybridized carbons (Fsp3) is 0.600. The molecule has 3 nitrogen and oxygen atoms in total. The Morgan fingerprint density at radius 2 is 2.06 bits per heavy atom. The minimum Gasteiger partial charge on any atom is -0.380 e. The average Bonchev–Trinajstić information content (AvgIpc) is 3.10. The van der Waals surface area contributed by atoms with Gasteiger partial charge in [-0.05, 0) is 30.9 Å². The third kappa shape index (κ3) is 2.68. The molecule has 0 saturated carbocycles. The van der Waals surface area contributed by atoms with E-state index in [9.17, 15) is 0 Å². The van der Waals surface area contributed by atoms with Crippen molar-refractivity contribution in [3.63, 3.8) is 0 Å². The lowest BCUT2D eigenvalue weighted by molar-refractivity contribution is 0.190. The van der Waals surface area contributed by atoms with Gasteiger partial charge in [0.25, 0.3) is 0 Å². The number of rotatable bonds is 4. The summed E-state index contributed by atoms with van der Waals surface area (Å²) < 4.78 is 5.40. The zero-order valence-corrected chi connectivity index (χ0v) is 10.9. The van der Waals surface area contributed by atoms with Crippen molar-refractivity contribution < 1.29 is 4.74 Å². The van der Waals surface area contributed by atoms with Gasteiger partial charge in [0.15, 0.2) is 0 Å². The second kappa shape index (κ2) is 5.72. The normalized spacial score (nSPS) is 23.8. The zero-order valence-electron chi connectivity index (χ0n) is 10.9. The first-order valence-corrected chi connectivity index (χ1v) is 7.07. The molecule has 98 valence electrons. The van der Waals surface area contributed by atoms with Crippen LogP contribution in [0.1, 0.15) is 24.8 Å². The maximum absolute atomic E-state index is 5.40. The summed E-state index contributed by atoms with van der Waals surface area (Å²) in [5.74, 6) is 0. The highest BCUT2D eigenvalue weighted by Gasteiger charge is 2.17. The van der Waals surface area contributed by atoms with Crippen LogP contribution in [-0.4, -0.2) is 32.3 Å². The van der Waals surface area contributed by atoms with E-state index in [1.54, 1.807) is 0 Å². The van der Waals surface area contributed by atoms with Crippen LogP contribution >= 0.6 is 0 Å². The van der Waals surface area contributed by atoms with E-state index in [0.717, 1.165) is 26.2 Å². The summed E-state index contributed by atoms with van der Waals surface area (Å²) in [6.07, 6.45) is 3.81. The highest BCUT2D eigenvalue weighted by Crippen LogP contribution is 2.24. The van der Waals surface area contributed by atoms with Gasteiger partial charge in [0.2, 0.25) is 0 Å². The van der Waals surface area contributed by atoms with Gasteiger partial charge in [0, 0.05) is 38.0 Å². The molecule has 0 bridgehead atoms. The van der Waals surface area contributed by atoms with E-state index in [4.69, 9.17) is 4.74 Å². The van der Waals surface area contributed by atoms with E-state index in [-0.39, 0.29) is 0 Å². The third-order valence-electron chi connectivity index (χ3n) is 3.95. The predicted molar refractivity (Wildman–Crippen MR) is 74.0 cm³/mol. The summed E-state index contributed by atoms with van der Waals surface area (Å²) in [6, 6.07) is 9.33. The minimum absolute atomic E-state index is 0.539. The number of anilines is 1. The van der Waals surface area contributed by atoms with Gasteiger partial charge in [-0.3, -0.25) is 0 Å².